The number of halogens is 1. The van der Waals surface area contributed by atoms with E-state index in [4.69, 9.17) is 9.47 Å². The van der Waals surface area contributed by atoms with Crippen molar-refractivity contribution in [3.8, 4) is 11.5 Å². The molecular weight excluding hydrogens is 333 g/mol. The monoisotopic (exact) mass is 357 g/mol. The number of guanidine groups is 1. The summed E-state index contributed by atoms with van der Waals surface area (Å²) in [6.45, 7) is 3.17. The van der Waals surface area contributed by atoms with Gasteiger partial charge in [0.1, 0.15) is 23.4 Å². The minimum Gasteiger partial charge on any atom is -0.496 e. The first kappa shape index (κ1) is 18.0. The van der Waals surface area contributed by atoms with Crippen LogP contribution >= 0.6 is 0 Å². The second kappa shape index (κ2) is 8.08. The zero-order valence-corrected chi connectivity index (χ0v) is 15.3. The molecule has 6 heteroatoms. The van der Waals surface area contributed by atoms with Crippen molar-refractivity contribution in [1.29, 1.82) is 0 Å². The molecule has 0 amide bonds. The fourth-order valence-electron chi connectivity index (χ4n) is 3.00. The summed E-state index contributed by atoms with van der Waals surface area (Å²) in [6.07, 6.45) is 1.10. The van der Waals surface area contributed by atoms with Gasteiger partial charge in [0.15, 0.2) is 5.96 Å². The van der Waals surface area contributed by atoms with Gasteiger partial charge in [0.2, 0.25) is 0 Å². The highest BCUT2D eigenvalue weighted by atomic mass is 19.1. The summed E-state index contributed by atoms with van der Waals surface area (Å²) in [6, 6.07) is 10.5. The van der Waals surface area contributed by atoms with Gasteiger partial charge in [0, 0.05) is 37.7 Å². The summed E-state index contributed by atoms with van der Waals surface area (Å²) < 4.78 is 24.3. The van der Waals surface area contributed by atoms with Crippen molar-refractivity contribution in [1.82, 2.24) is 10.6 Å². The van der Waals surface area contributed by atoms with Crippen molar-refractivity contribution in [2.45, 2.75) is 32.5 Å². The lowest BCUT2D eigenvalue weighted by atomic mass is 10.1. The van der Waals surface area contributed by atoms with Gasteiger partial charge in [-0.25, -0.2) is 4.39 Å². The lowest BCUT2D eigenvalue weighted by Gasteiger charge is -2.15. The minimum absolute atomic E-state index is 0.197. The summed E-state index contributed by atoms with van der Waals surface area (Å²) in [5.41, 5.74) is 3.16. The van der Waals surface area contributed by atoms with E-state index in [1.165, 1.54) is 17.7 Å². The fourth-order valence-corrected chi connectivity index (χ4v) is 3.00. The molecule has 0 aliphatic carbocycles. The van der Waals surface area contributed by atoms with E-state index in [2.05, 4.69) is 22.5 Å². The molecule has 1 atom stereocenters. The lowest BCUT2D eigenvalue weighted by Crippen LogP contribution is -2.36. The topological polar surface area (TPSA) is 54.9 Å². The molecule has 0 spiro atoms. The number of nitrogens with zero attached hydrogens (tertiary/aromatic N) is 1. The zero-order chi connectivity index (χ0) is 18.5. The van der Waals surface area contributed by atoms with Crippen molar-refractivity contribution in [3.63, 3.8) is 0 Å². The Morgan fingerprint density at radius 2 is 1.96 bits per heavy atom. The summed E-state index contributed by atoms with van der Waals surface area (Å²) in [5, 5.41) is 6.49. The van der Waals surface area contributed by atoms with E-state index < -0.39 is 0 Å². The third-order valence-corrected chi connectivity index (χ3v) is 4.34. The van der Waals surface area contributed by atoms with Crippen molar-refractivity contribution >= 4 is 5.96 Å². The molecule has 1 heterocycles. The van der Waals surface area contributed by atoms with Crippen LogP contribution in [-0.4, -0.2) is 26.2 Å². The molecule has 5 nitrogen and oxygen atoms in total. The molecule has 0 radical (unpaired) electrons. The van der Waals surface area contributed by atoms with Gasteiger partial charge >= 0.3 is 0 Å². The smallest absolute Gasteiger partial charge is 0.191 e. The highest BCUT2D eigenvalue weighted by Gasteiger charge is 2.21. The fraction of sp³-hybridized carbons (Fsp3) is 0.350. The molecule has 2 N–H and O–H groups in total. The Bertz CT molecular complexity index is 790. The van der Waals surface area contributed by atoms with Crippen LogP contribution in [-0.2, 0) is 19.5 Å². The van der Waals surface area contributed by atoms with E-state index in [9.17, 15) is 4.39 Å². The summed E-state index contributed by atoms with van der Waals surface area (Å²) in [4.78, 5) is 4.22. The first-order valence-corrected chi connectivity index (χ1v) is 8.64. The predicted octanol–water partition coefficient (Wildman–Crippen LogP) is 3.02. The number of fused-ring (bicyclic) bond motifs is 1. The highest BCUT2D eigenvalue weighted by Crippen LogP contribution is 2.34. The molecule has 1 aliphatic heterocycles. The number of hydrogen-bond acceptors (Lipinski definition) is 3. The van der Waals surface area contributed by atoms with E-state index in [0.29, 0.717) is 19.0 Å². The molecule has 26 heavy (non-hydrogen) atoms. The highest BCUT2D eigenvalue weighted by molar-refractivity contribution is 5.79. The van der Waals surface area contributed by atoms with E-state index in [1.54, 1.807) is 26.3 Å². The maximum atomic E-state index is 13.0. The van der Waals surface area contributed by atoms with Gasteiger partial charge < -0.3 is 20.1 Å². The number of benzene rings is 2. The quantitative estimate of drug-likeness (QED) is 0.638. The maximum absolute atomic E-state index is 13.0. The van der Waals surface area contributed by atoms with E-state index in [-0.39, 0.29) is 11.9 Å². The van der Waals surface area contributed by atoms with Gasteiger partial charge in [-0.1, -0.05) is 12.1 Å². The third kappa shape index (κ3) is 4.25. The van der Waals surface area contributed by atoms with Crippen LogP contribution in [0, 0.1) is 5.82 Å². The van der Waals surface area contributed by atoms with Gasteiger partial charge in [-0.3, -0.25) is 4.99 Å². The number of rotatable bonds is 5. The first-order chi connectivity index (χ1) is 12.6. The molecule has 0 bridgehead atoms. The Kier molecular flexibility index (Phi) is 5.61. The molecule has 1 aliphatic rings. The third-order valence-electron chi connectivity index (χ3n) is 4.34. The number of nitrogens with one attached hydrogen (secondary N) is 2. The maximum Gasteiger partial charge on any atom is 0.191 e. The molecule has 3 rings (SSSR count). The first-order valence-electron chi connectivity index (χ1n) is 8.64. The van der Waals surface area contributed by atoms with Gasteiger partial charge in [-0.05, 0) is 36.8 Å². The molecular formula is C20H24FN3O2. The van der Waals surface area contributed by atoms with Crippen LogP contribution in [0.4, 0.5) is 4.39 Å². The van der Waals surface area contributed by atoms with Crippen molar-refractivity contribution in [3.05, 3.63) is 58.9 Å². The van der Waals surface area contributed by atoms with Crippen LogP contribution < -0.4 is 20.1 Å². The van der Waals surface area contributed by atoms with Crippen molar-refractivity contribution in [2.24, 2.45) is 4.99 Å². The van der Waals surface area contributed by atoms with E-state index in [1.807, 2.05) is 12.1 Å². The Balaban J connectivity index is 1.62. The Hall–Kier alpha value is -2.76. The molecule has 1 unspecified atom stereocenters. The summed E-state index contributed by atoms with van der Waals surface area (Å²) in [7, 11) is 3.39. The van der Waals surface area contributed by atoms with Crippen molar-refractivity contribution < 1.29 is 13.9 Å². The SMILES string of the molecule is CN=C(NCc1ccc(F)cc1)NCc1cc2c(cc1OC)CC(C)O2. The lowest BCUT2D eigenvalue weighted by molar-refractivity contribution is 0.254. The van der Waals surface area contributed by atoms with E-state index >= 15 is 0 Å². The van der Waals surface area contributed by atoms with Crippen LogP contribution in [0.5, 0.6) is 11.5 Å². The zero-order valence-electron chi connectivity index (χ0n) is 15.3. The Morgan fingerprint density at radius 1 is 1.23 bits per heavy atom. The van der Waals surface area contributed by atoms with Gasteiger partial charge in [-0.15, -0.1) is 0 Å². The molecule has 138 valence electrons. The van der Waals surface area contributed by atoms with Gasteiger partial charge in [0.05, 0.1) is 7.11 Å². The largest absolute Gasteiger partial charge is 0.496 e. The van der Waals surface area contributed by atoms with Crippen LogP contribution in [0.15, 0.2) is 41.4 Å². The summed E-state index contributed by atoms with van der Waals surface area (Å²) >= 11 is 0. The number of ether oxygens (including phenoxy) is 2. The van der Waals surface area contributed by atoms with Crippen LogP contribution in [0.25, 0.3) is 0 Å². The second-order valence-corrected chi connectivity index (χ2v) is 6.31. The number of aliphatic imine (C=N–C) groups is 1. The van der Waals surface area contributed by atoms with E-state index in [0.717, 1.165) is 29.0 Å². The minimum atomic E-state index is -0.239. The predicted molar refractivity (Wildman–Crippen MR) is 100 cm³/mol. The molecule has 2 aromatic carbocycles. The van der Waals surface area contributed by atoms with Gasteiger partial charge in [0.25, 0.3) is 0 Å². The Labute approximate surface area is 153 Å². The molecule has 0 aromatic heterocycles. The van der Waals surface area contributed by atoms with Crippen molar-refractivity contribution in [2.75, 3.05) is 14.2 Å². The summed E-state index contributed by atoms with van der Waals surface area (Å²) in [5.74, 6) is 2.18. The van der Waals surface area contributed by atoms with Crippen LogP contribution in [0.1, 0.15) is 23.6 Å². The van der Waals surface area contributed by atoms with Crippen LogP contribution in [0.2, 0.25) is 0 Å². The average molecular weight is 357 g/mol. The number of hydrogen-bond donors (Lipinski definition) is 2. The second-order valence-electron chi connectivity index (χ2n) is 6.31. The molecule has 0 saturated heterocycles. The van der Waals surface area contributed by atoms with Crippen LogP contribution in [0.3, 0.4) is 0 Å². The number of methoxy groups -OCH3 is 1. The molecule has 2 aromatic rings. The Morgan fingerprint density at radius 3 is 2.65 bits per heavy atom. The molecule has 0 saturated carbocycles. The molecule has 0 fully saturated rings. The standard InChI is InChI=1S/C20H24FN3O2/c1-13-8-15-9-18(25-3)16(10-19(15)26-13)12-24-20(22-2)23-11-14-4-6-17(21)7-5-14/h4-7,9-10,13H,8,11-12H2,1-3H3,(H2,22,23,24). The van der Waals surface area contributed by atoms with Gasteiger partial charge in [-0.2, -0.15) is 0 Å². The average Bonchev–Trinajstić information content (AvgIpc) is 3.01. The normalized spacial score (nSPS) is 16.0.